The van der Waals surface area contributed by atoms with E-state index in [0.717, 1.165) is 28.2 Å². The first-order valence-electron chi connectivity index (χ1n) is 9.75. The van der Waals surface area contributed by atoms with Gasteiger partial charge in [-0.05, 0) is 49.4 Å². The normalized spacial score (nSPS) is 19.6. The predicted octanol–water partition coefficient (Wildman–Crippen LogP) is 1.65. The fourth-order valence-corrected chi connectivity index (χ4v) is 5.33. The molecule has 2 aliphatic rings. The van der Waals surface area contributed by atoms with Gasteiger partial charge in [-0.25, -0.2) is 4.79 Å². The molecular formula is C20H19N5O6S. The first-order valence-corrected chi connectivity index (χ1v) is 10.6. The molecule has 0 spiro atoms. The number of nitrogens with zero attached hydrogens (tertiary/aromatic N) is 2. The van der Waals surface area contributed by atoms with E-state index in [9.17, 15) is 29.3 Å². The van der Waals surface area contributed by atoms with Gasteiger partial charge in [0, 0.05) is 17.0 Å². The molecule has 0 bridgehead atoms. The van der Waals surface area contributed by atoms with Crippen molar-refractivity contribution in [2.75, 3.05) is 11.9 Å². The van der Waals surface area contributed by atoms with Crippen LogP contribution in [-0.4, -0.2) is 40.1 Å². The molecular weight excluding hydrogens is 438 g/mol. The van der Waals surface area contributed by atoms with Gasteiger partial charge in [-0.1, -0.05) is 0 Å². The van der Waals surface area contributed by atoms with Crippen LogP contribution in [0.4, 0.5) is 15.5 Å². The van der Waals surface area contributed by atoms with E-state index in [4.69, 9.17) is 5.73 Å². The first-order chi connectivity index (χ1) is 15.1. The van der Waals surface area contributed by atoms with Gasteiger partial charge in [-0.15, -0.1) is 11.3 Å². The standard InChI is InChI=1S/C20H19N5O6S/c1-20(10-5-7-11(8-6-10)25(30)31)18(28)24(19(29)23-20)9-14(26)22-17-15(16(21)27)12-3-2-4-13(12)32-17/h5-8H,2-4,9H2,1H3,(H2,21,27)(H,22,26)(H,23,29)/t20-/m0/s1. The number of fused-ring (bicyclic) bond motifs is 1. The third kappa shape index (κ3) is 3.47. The maximum absolute atomic E-state index is 13.0. The SMILES string of the molecule is C[C@@]1(c2ccc([N+](=O)[O-])cc2)NC(=O)N(CC(=O)Nc2sc3c(c2C(N)=O)CCC3)C1=O. The van der Waals surface area contributed by atoms with E-state index in [-0.39, 0.29) is 11.3 Å². The zero-order chi connectivity index (χ0) is 23.2. The zero-order valence-corrected chi connectivity index (χ0v) is 17.8. The van der Waals surface area contributed by atoms with Crippen molar-refractivity contribution >= 4 is 45.8 Å². The topological polar surface area (TPSA) is 165 Å². The molecule has 11 nitrogen and oxygen atoms in total. The molecule has 1 aliphatic carbocycles. The van der Waals surface area contributed by atoms with Gasteiger partial charge in [0.15, 0.2) is 0 Å². The van der Waals surface area contributed by atoms with Crippen molar-refractivity contribution in [1.29, 1.82) is 0 Å². The Labute approximate surface area is 185 Å². The van der Waals surface area contributed by atoms with Gasteiger partial charge >= 0.3 is 6.03 Å². The summed E-state index contributed by atoms with van der Waals surface area (Å²) in [5, 5.41) is 16.3. The van der Waals surface area contributed by atoms with Crippen molar-refractivity contribution in [3.05, 3.63) is 55.9 Å². The largest absolute Gasteiger partial charge is 0.365 e. The molecule has 0 radical (unpaired) electrons. The number of amides is 5. The van der Waals surface area contributed by atoms with Crippen LogP contribution < -0.4 is 16.4 Å². The molecule has 0 unspecified atom stereocenters. The summed E-state index contributed by atoms with van der Waals surface area (Å²) in [5.74, 6) is -1.96. The summed E-state index contributed by atoms with van der Waals surface area (Å²) in [7, 11) is 0. The van der Waals surface area contributed by atoms with Crippen LogP contribution in [0.2, 0.25) is 0 Å². The Morgan fingerprint density at radius 2 is 1.97 bits per heavy atom. The molecule has 1 aliphatic heterocycles. The highest BCUT2D eigenvalue weighted by Crippen LogP contribution is 2.39. The molecule has 1 saturated heterocycles. The van der Waals surface area contributed by atoms with E-state index in [2.05, 4.69) is 10.6 Å². The molecule has 32 heavy (non-hydrogen) atoms. The van der Waals surface area contributed by atoms with Gasteiger partial charge < -0.3 is 16.4 Å². The Morgan fingerprint density at radius 1 is 1.28 bits per heavy atom. The summed E-state index contributed by atoms with van der Waals surface area (Å²) in [6.07, 6.45) is 2.43. The minimum atomic E-state index is -1.48. The molecule has 4 N–H and O–H groups in total. The minimum Gasteiger partial charge on any atom is -0.365 e. The zero-order valence-electron chi connectivity index (χ0n) is 17.0. The number of rotatable bonds is 6. The molecule has 4 rings (SSSR count). The molecule has 1 aromatic carbocycles. The van der Waals surface area contributed by atoms with Crippen molar-refractivity contribution < 1.29 is 24.1 Å². The Kier molecular flexibility index (Phi) is 5.17. The maximum atomic E-state index is 13.0. The summed E-state index contributed by atoms with van der Waals surface area (Å²) in [5.41, 5.74) is 5.33. The number of imide groups is 1. The lowest BCUT2D eigenvalue weighted by molar-refractivity contribution is -0.384. The maximum Gasteiger partial charge on any atom is 0.325 e. The summed E-state index contributed by atoms with van der Waals surface area (Å²) in [6.45, 7) is 0.898. The van der Waals surface area contributed by atoms with Gasteiger partial charge in [0.2, 0.25) is 5.91 Å². The molecule has 1 aromatic heterocycles. The third-order valence-corrected chi connectivity index (χ3v) is 6.86. The molecule has 2 heterocycles. The average molecular weight is 457 g/mol. The number of thiophene rings is 1. The molecule has 1 fully saturated rings. The number of primary amides is 1. The highest BCUT2D eigenvalue weighted by Gasteiger charge is 2.49. The quantitative estimate of drug-likeness (QED) is 0.339. The highest BCUT2D eigenvalue weighted by molar-refractivity contribution is 7.17. The Balaban J connectivity index is 1.51. The van der Waals surface area contributed by atoms with Gasteiger partial charge in [0.25, 0.3) is 17.5 Å². The molecule has 0 saturated carbocycles. The number of non-ortho nitro benzene ring substituents is 1. The minimum absolute atomic E-state index is 0.154. The number of nitrogens with one attached hydrogen (secondary N) is 2. The number of nitro benzene ring substituents is 1. The monoisotopic (exact) mass is 457 g/mol. The number of carbonyl (C=O) groups is 4. The highest BCUT2D eigenvalue weighted by atomic mass is 32.1. The first kappa shape index (κ1) is 21.4. The van der Waals surface area contributed by atoms with Gasteiger partial charge in [-0.2, -0.15) is 0 Å². The second-order valence-corrected chi connectivity index (χ2v) is 8.83. The average Bonchev–Trinajstić information content (AvgIpc) is 3.37. The van der Waals surface area contributed by atoms with Crippen molar-refractivity contribution in [3.63, 3.8) is 0 Å². The number of hydrogen-bond donors (Lipinski definition) is 3. The molecule has 2 aromatic rings. The van der Waals surface area contributed by atoms with E-state index in [1.807, 2.05) is 0 Å². The van der Waals surface area contributed by atoms with Gasteiger partial charge in [0.1, 0.15) is 17.1 Å². The van der Waals surface area contributed by atoms with E-state index in [0.29, 0.717) is 17.0 Å². The van der Waals surface area contributed by atoms with Crippen LogP contribution in [0.3, 0.4) is 0 Å². The van der Waals surface area contributed by atoms with Crippen LogP contribution >= 0.6 is 11.3 Å². The fourth-order valence-electron chi connectivity index (χ4n) is 4.02. The van der Waals surface area contributed by atoms with E-state index < -0.39 is 40.8 Å². The smallest absolute Gasteiger partial charge is 0.325 e. The van der Waals surface area contributed by atoms with E-state index in [1.54, 1.807) is 0 Å². The number of anilines is 1. The predicted molar refractivity (Wildman–Crippen MR) is 114 cm³/mol. The number of aryl methyl sites for hydroxylation is 1. The Morgan fingerprint density at radius 3 is 2.59 bits per heavy atom. The second-order valence-electron chi connectivity index (χ2n) is 7.72. The molecule has 12 heteroatoms. The van der Waals surface area contributed by atoms with Crippen molar-refractivity contribution in [1.82, 2.24) is 10.2 Å². The molecule has 166 valence electrons. The van der Waals surface area contributed by atoms with Gasteiger partial charge in [0.05, 0.1) is 10.5 Å². The number of hydrogen-bond acceptors (Lipinski definition) is 7. The Hall–Kier alpha value is -3.80. The number of benzene rings is 1. The summed E-state index contributed by atoms with van der Waals surface area (Å²) in [6, 6.07) is 4.46. The lowest BCUT2D eigenvalue weighted by Gasteiger charge is -2.22. The van der Waals surface area contributed by atoms with Crippen LogP contribution in [0, 0.1) is 10.1 Å². The molecule has 5 amide bonds. The second kappa shape index (κ2) is 7.71. The summed E-state index contributed by atoms with van der Waals surface area (Å²) >= 11 is 1.27. The third-order valence-electron chi connectivity index (χ3n) is 5.65. The number of urea groups is 1. The number of nitro groups is 1. The summed E-state index contributed by atoms with van der Waals surface area (Å²) < 4.78 is 0. The van der Waals surface area contributed by atoms with Gasteiger partial charge in [-0.3, -0.25) is 29.4 Å². The van der Waals surface area contributed by atoms with E-state index >= 15 is 0 Å². The Bertz CT molecular complexity index is 1170. The van der Waals surface area contributed by atoms with Crippen LogP contribution in [0.25, 0.3) is 0 Å². The van der Waals surface area contributed by atoms with Crippen molar-refractivity contribution in [3.8, 4) is 0 Å². The summed E-state index contributed by atoms with van der Waals surface area (Å²) in [4.78, 5) is 62.0. The molecule has 1 atom stereocenters. The van der Waals surface area contributed by atoms with Crippen LogP contribution in [-0.2, 0) is 28.0 Å². The van der Waals surface area contributed by atoms with Crippen molar-refractivity contribution in [2.45, 2.75) is 31.7 Å². The lowest BCUT2D eigenvalue weighted by Crippen LogP contribution is -2.42. The fraction of sp³-hybridized carbons (Fsp3) is 0.300. The number of nitrogens with two attached hydrogens (primary N) is 1. The van der Waals surface area contributed by atoms with Crippen molar-refractivity contribution in [2.24, 2.45) is 5.73 Å². The van der Waals surface area contributed by atoms with Crippen LogP contribution in [0.5, 0.6) is 0 Å². The van der Waals surface area contributed by atoms with E-state index in [1.165, 1.54) is 42.5 Å². The van der Waals surface area contributed by atoms with Crippen LogP contribution in [0.15, 0.2) is 24.3 Å². The number of carbonyl (C=O) groups excluding carboxylic acids is 4. The lowest BCUT2D eigenvalue weighted by atomic mass is 9.92. The van der Waals surface area contributed by atoms with Crippen LogP contribution in [0.1, 0.15) is 39.7 Å².